The summed E-state index contributed by atoms with van der Waals surface area (Å²) >= 11 is 6.32. The van der Waals surface area contributed by atoms with Crippen LogP contribution in [-0.4, -0.2) is 108 Å². The SMILES string of the molecule is Nc1ncnc2c1ccn2[C@@H]1O[C@H]([C@H](O)c2ccc(Cl)c(OCC(=O)NCCCCCCNc3cccc4c3C(=O)N(C3CCC(=O)NC3=O)C4=O)c2)[C@@H](O)[C@H]1O. The Labute approximate surface area is 330 Å². The van der Waals surface area contributed by atoms with E-state index in [4.69, 9.17) is 26.8 Å². The minimum Gasteiger partial charge on any atom is -0.482 e. The maximum atomic E-state index is 13.3. The molecule has 8 N–H and O–H groups in total. The first-order valence-corrected chi connectivity index (χ1v) is 18.9. The highest BCUT2D eigenvalue weighted by atomic mass is 35.5. The second-order valence-corrected chi connectivity index (χ2v) is 14.4. The van der Waals surface area contributed by atoms with Gasteiger partial charge in [0.25, 0.3) is 17.7 Å². The van der Waals surface area contributed by atoms with Crippen LogP contribution in [0, 0.1) is 0 Å². The van der Waals surface area contributed by atoms with Crippen LogP contribution in [0.25, 0.3) is 11.0 Å². The molecule has 0 bridgehead atoms. The Morgan fingerprint density at radius 1 is 1.04 bits per heavy atom. The van der Waals surface area contributed by atoms with Gasteiger partial charge in [0.05, 0.1) is 21.5 Å². The van der Waals surface area contributed by atoms with Gasteiger partial charge in [-0.25, -0.2) is 9.97 Å². The number of aromatic nitrogens is 3. The molecule has 0 aliphatic carbocycles. The summed E-state index contributed by atoms with van der Waals surface area (Å²) in [5.74, 6) is -2.24. The number of rotatable bonds is 15. The fraction of sp³-hybridized carbons (Fsp3) is 0.395. The number of aliphatic hydroxyl groups excluding tert-OH is 3. The Hall–Kier alpha value is -5.66. The summed E-state index contributed by atoms with van der Waals surface area (Å²) in [4.78, 5) is 71.9. The summed E-state index contributed by atoms with van der Waals surface area (Å²) in [7, 11) is 0. The molecule has 2 aromatic heterocycles. The zero-order chi connectivity index (χ0) is 40.4. The topological polar surface area (TPSA) is 261 Å². The number of benzene rings is 2. The summed E-state index contributed by atoms with van der Waals surface area (Å²) in [5.41, 5.74) is 7.50. The fourth-order valence-electron chi connectivity index (χ4n) is 7.29. The molecule has 0 radical (unpaired) electrons. The predicted octanol–water partition coefficient (Wildman–Crippen LogP) is 1.59. The molecule has 19 heteroatoms. The zero-order valence-electron chi connectivity index (χ0n) is 30.5. The summed E-state index contributed by atoms with van der Waals surface area (Å²) in [6, 6.07) is 9.99. The van der Waals surface area contributed by atoms with E-state index in [-0.39, 0.29) is 58.6 Å². The average Bonchev–Trinajstić information content (AvgIpc) is 3.84. The van der Waals surface area contributed by atoms with Crippen molar-refractivity contribution < 1.29 is 48.8 Å². The number of anilines is 2. The van der Waals surface area contributed by atoms with Gasteiger partial charge in [-0.3, -0.25) is 34.2 Å². The molecule has 7 rings (SSSR count). The number of halogens is 1. The number of unbranched alkanes of at least 4 members (excludes halogenated alkanes) is 3. The van der Waals surface area contributed by atoms with Crippen molar-refractivity contribution in [3.05, 3.63) is 76.7 Å². The molecule has 3 aliphatic heterocycles. The van der Waals surface area contributed by atoms with Gasteiger partial charge in [-0.2, -0.15) is 0 Å². The number of nitrogens with one attached hydrogen (secondary N) is 3. The summed E-state index contributed by atoms with van der Waals surface area (Å²) in [6.07, 6.45) is -0.536. The number of nitrogens with two attached hydrogens (primary N) is 1. The second kappa shape index (κ2) is 16.8. The van der Waals surface area contributed by atoms with Gasteiger partial charge in [-0.1, -0.05) is 36.6 Å². The molecule has 1 unspecified atom stereocenters. The van der Waals surface area contributed by atoms with Gasteiger partial charge in [0.15, 0.2) is 12.8 Å². The number of ether oxygens (including phenoxy) is 2. The molecule has 18 nitrogen and oxygen atoms in total. The zero-order valence-corrected chi connectivity index (χ0v) is 31.2. The molecular weight excluding hydrogens is 764 g/mol. The molecule has 3 aliphatic rings. The average molecular weight is 805 g/mol. The van der Waals surface area contributed by atoms with Crippen LogP contribution >= 0.6 is 11.6 Å². The van der Waals surface area contributed by atoms with Crippen LogP contribution < -0.4 is 26.4 Å². The maximum Gasteiger partial charge on any atom is 0.264 e. The highest BCUT2D eigenvalue weighted by Gasteiger charge is 2.48. The molecule has 6 atom stereocenters. The lowest BCUT2D eigenvalue weighted by Crippen LogP contribution is -2.54. The van der Waals surface area contributed by atoms with Crippen LogP contribution in [0.5, 0.6) is 5.75 Å². The van der Waals surface area contributed by atoms with Crippen LogP contribution in [0.4, 0.5) is 11.5 Å². The Kier molecular flexibility index (Phi) is 11.7. The molecule has 5 heterocycles. The van der Waals surface area contributed by atoms with E-state index in [0.29, 0.717) is 36.2 Å². The number of nitrogens with zero attached hydrogens (tertiary/aromatic N) is 4. The van der Waals surface area contributed by atoms with E-state index in [1.165, 1.54) is 29.1 Å². The van der Waals surface area contributed by atoms with Crippen molar-refractivity contribution in [2.24, 2.45) is 0 Å². The highest BCUT2D eigenvalue weighted by molar-refractivity contribution is 6.32. The third-order valence-electron chi connectivity index (χ3n) is 10.3. The van der Waals surface area contributed by atoms with Crippen molar-refractivity contribution in [1.82, 2.24) is 30.1 Å². The quantitative estimate of drug-likeness (QED) is 0.0665. The molecule has 2 fully saturated rings. The summed E-state index contributed by atoms with van der Waals surface area (Å²) < 4.78 is 13.1. The molecule has 2 saturated heterocycles. The van der Waals surface area contributed by atoms with E-state index < -0.39 is 60.3 Å². The van der Waals surface area contributed by atoms with E-state index in [2.05, 4.69) is 25.9 Å². The van der Waals surface area contributed by atoms with Crippen molar-refractivity contribution in [3.63, 3.8) is 0 Å². The number of hydrogen-bond donors (Lipinski definition) is 7. The number of imide groups is 2. The number of carbonyl (C=O) groups excluding carboxylic acids is 5. The van der Waals surface area contributed by atoms with Crippen molar-refractivity contribution in [1.29, 1.82) is 0 Å². The van der Waals surface area contributed by atoms with Gasteiger partial charge in [-0.15, -0.1) is 0 Å². The molecule has 5 amide bonds. The lowest BCUT2D eigenvalue weighted by molar-refractivity contribution is -0.136. The monoisotopic (exact) mass is 804 g/mol. The van der Waals surface area contributed by atoms with Crippen molar-refractivity contribution in [2.75, 3.05) is 30.7 Å². The molecule has 0 spiro atoms. The standard InChI is InChI=1S/C38H41ClN8O10/c39-22-9-8-19(29(50)32-30(51)31(52)38(57-32)46-15-12-21-33(40)43-18-44-34(21)46)16-25(22)56-17-27(49)42-14-4-2-1-3-13-41-23-7-5-6-20-28(23)37(55)47(36(20)54)24-10-11-26(48)45-35(24)53/h5-9,12,15-16,18,24,29-32,38,41,50-52H,1-4,10-11,13-14,17H2,(H,42,49)(H2,40,43,44)(H,45,48,53)/t24?,29-,30+,31-,32-,38-/m1/s1. The van der Waals surface area contributed by atoms with Gasteiger partial charge >= 0.3 is 0 Å². The van der Waals surface area contributed by atoms with E-state index in [1.807, 2.05) is 0 Å². The fourth-order valence-corrected chi connectivity index (χ4v) is 7.46. The first-order valence-electron chi connectivity index (χ1n) is 18.5. The minimum atomic E-state index is -1.47. The number of amides is 5. The van der Waals surface area contributed by atoms with Gasteiger partial charge in [0.1, 0.15) is 54.0 Å². The number of aliphatic hydroxyl groups is 3. The van der Waals surface area contributed by atoms with E-state index >= 15 is 0 Å². The van der Waals surface area contributed by atoms with Gasteiger partial charge in [0.2, 0.25) is 11.8 Å². The molecule has 0 saturated carbocycles. The highest BCUT2D eigenvalue weighted by Crippen LogP contribution is 2.39. The number of piperidine rings is 1. The Morgan fingerprint density at radius 2 is 1.82 bits per heavy atom. The van der Waals surface area contributed by atoms with Crippen molar-refractivity contribution >= 4 is 63.7 Å². The molecule has 57 heavy (non-hydrogen) atoms. The first kappa shape index (κ1) is 39.6. The van der Waals surface area contributed by atoms with Crippen molar-refractivity contribution in [3.8, 4) is 5.75 Å². The lowest BCUT2D eigenvalue weighted by Gasteiger charge is -2.27. The Morgan fingerprint density at radius 3 is 2.61 bits per heavy atom. The predicted molar refractivity (Wildman–Crippen MR) is 203 cm³/mol. The number of nitrogen functional groups attached to an aromatic ring is 1. The Balaban J connectivity index is 0.829. The van der Waals surface area contributed by atoms with E-state index in [1.54, 1.807) is 30.5 Å². The number of fused-ring (bicyclic) bond motifs is 2. The summed E-state index contributed by atoms with van der Waals surface area (Å²) in [6.45, 7) is 0.575. The van der Waals surface area contributed by atoms with Crippen LogP contribution in [0.1, 0.15) is 77.1 Å². The summed E-state index contributed by atoms with van der Waals surface area (Å²) in [5, 5.41) is 41.8. The maximum absolute atomic E-state index is 13.3. The Bertz CT molecular complexity index is 2220. The minimum absolute atomic E-state index is 0.0451. The third kappa shape index (κ3) is 7.99. The first-order chi connectivity index (χ1) is 27.4. The number of carbonyl (C=O) groups is 5. The van der Waals surface area contributed by atoms with Gasteiger partial charge < -0.3 is 45.7 Å². The van der Waals surface area contributed by atoms with E-state index in [9.17, 15) is 39.3 Å². The van der Waals surface area contributed by atoms with Crippen LogP contribution in [0.3, 0.4) is 0 Å². The smallest absolute Gasteiger partial charge is 0.264 e. The molecule has 300 valence electrons. The van der Waals surface area contributed by atoms with Crippen LogP contribution in [0.2, 0.25) is 5.02 Å². The molecular formula is C38H41ClN8O10. The number of hydrogen-bond acceptors (Lipinski definition) is 14. The molecule has 2 aromatic carbocycles. The van der Waals surface area contributed by atoms with E-state index in [0.717, 1.165) is 24.2 Å². The second-order valence-electron chi connectivity index (χ2n) is 14.0. The van der Waals surface area contributed by atoms with Gasteiger partial charge in [0, 0.05) is 31.4 Å². The van der Waals surface area contributed by atoms with Crippen LogP contribution in [0.15, 0.2) is 55.0 Å². The van der Waals surface area contributed by atoms with Crippen molar-refractivity contribution in [2.45, 2.75) is 75.2 Å². The largest absolute Gasteiger partial charge is 0.482 e. The molecule has 4 aromatic rings. The van der Waals surface area contributed by atoms with Gasteiger partial charge in [-0.05, 0) is 55.2 Å². The normalized spacial score (nSPS) is 22.5. The third-order valence-corrected chi connectivity index (χ3v) is 10.6. The van der Waals surface area contributed by atoms with Crippen LogP contribution in [-0.2, 0) is 19.1 Å². The lowest BCUT2D eigenvalue weighted by atomic mass is 9.99.